The van der Waals surface area contributed by atoms with Crippen molar-refractivity contribution in [2.24, 2.45) is 0 Å². The van der Waals surface area contributed by atoms with E-state index in [1.807, 2.05) is 12.1 Å². The third kappa shape index (κ3) is 3.96. The van der Waals surface area contributed by atoms with Gasteiger partial charge in [0.05, 0.1) is 27.9 Å². The Labute approximate surface area is 276 Å². The molecular formula is C44H28N4. The van der Waals surface area contributed by atoms with E-state index in [0.717, 1.165) is 39.2 Å². The number of aromatic nitrogens is 4. The first-order valence-corrected chi connectivity index (χ1v) is 16.3. The lowest BCUT2D eigenvalue weighted by molar-refractivity contribution is 0.998. The molecule has 224 valence electrons. The van der Waals surface area contributed by atoms with Crippen molar-refractivity contribution in [3.8, 4) is 34.2 Å². The molecule has 0 saturated carbocycles. The molecule has 0 saturated heterocycles. The average Bonchev–Trinajstić information content (AvgIpc) is 3.76. The summed E-state index contributed by atoms with van der Waals surface area (Å²) >= 11 is 0. The fourth-order valence-electron chi connectivity index (χ4n) is 7.43. The van der Waals surface area contributed by atoms with E-state index in [4.69, 9.17) is 9.97 Å². The second kappa shape index (κ2) is 10.5. The molecular weight excluding hydrogens is 585 g/mol. The lowest BCUT2D eigenvalue weighted by atomic mass is 9.98. The molecule has 3 aromatic heterocycles. The molecule has 0 radical (unpaired) electrons. The Morgan fingerprint density at radius 3 is 1.67 bits per heavy atom. The van der Waals surface area contributed by atoms with Crippen LogP contribution in [0, 0.1) is 0 Å². The molecule has 0 spiro atoms. The van der Waals surface area contributed by atoms with Gasteiger partial charge in [-0.2, -0.15) is 0 Å². The first kappa shape index (κ1) is 26.7. The van der Waals surface area contributed by atoms with Gasteiger partial charge >= 0.3 is 0 Å². The fourth-order valence-corrected chi connectivity index (χ4v) is 7.43. The number of hydrogen-bond donors (Lipinski definition) is 0. The second-order valence-electron chi connectivity index (χ2n) is 12.2. The molecule has 4 nitrogen and oxygen atoms in total. The van der Waals surface area contributed by atoms with E-state index in [-0.39, 0.29) is 0 Å². The van der Waals surface area contributed by atoms with Crippen molar-refractivity contribution in [1.29, 1.82) is 0 Å². The molecule has 0 aliphatic carbocycles. The average molecular weight is 613 g/mol. The SMILES string of the molecule is c1ccc(-c2cc(-c3ccccc3)nc(-n3c4ccc5ccccc5c4c4c5c(ccn5-c5ccccc5)c5ccccc5c43)n2)cc1. The van der Waals surface area contributed by atoms with E-state index in [1.165, 1.54) is 43.2 Å². The molecule has 0 fully saturated rings. The summed E-state index contributed by atoms with van der Waals surface area (Å²) in [6, 6.07) is 57.7. The third-order valence-corrected chi connectivity index (χ3v) is 9.54. The van der Waals surface area contributed by atoms with Crippen molar-refractivity contribution < 1.29 is 0 Å². The van der Waals surface area contributed by atoms with Gasteiger partial charge in [0.2, 0.25) is 5.95 Å². The van der Waals surface area contributed by atoms with Crippen LogP contribution < -0.4 is 0 Å². The molecule has 0 amide bonds. The van der Waals surface area contributed by atoms with Gasteiger partial charge < -0.3 is 4.57 Å². The van der Waals surface area contributed by atoms with Gasteiger partial charge in [0.15, 0.2) is 0 Å². The number of rotatable bonds is 4. The standard InChI is InChI=1S/C44H28N4/c1-4-15-30(16-5-1)37-28-38(31-17-6-2-7-18-31)46-44(45-37)48-39-25-24-29-14-10-11-21-33(29)40(39)41-42-36(34-22-12-13-23-35(34)43(41)48)26-27-47(42)32-19-8-3-9-20-32/h1-28H. The number of nitrogens with zero attached hydrogens (tertiary/aromatic N) is 4. The van der Waals surface area contributed by atoms with Gasteiger partial charge in [-0.1, -0.05) is 133 Å². The summed E-state index contributed by atoms with van der Waals surface area (Å²) in [6.45, 7) is 0. The smallest absolute Gasteiger partial charge is 0.235 e. The van der Waals surface area contributed by atoms with Crippen LogP contribution in [0.25, 0.3) is 88.4 Å². The van der Waals surface area contributed by atoms with Crippen molar-refractivity contribution in [2.45, 2.75) is 0 Å². The summed E-state index contributed by atoms with van der Waals surface area (Å²) in [5.74, 6) is 0.646. The van der Waals surface area contributed by atoms with E-state index in [2.05, 4.69) is 167 Å². The zero-order chi connectivity index (χ0) is 31.6. The Hall–Kier alpha value is -6.52. The van der Waals surface area contributed by atoms with Crippen LogP contribution in [0.3, 0.4) is 0 Å². The zero-order valence-electron chi connectivity index (χ0n) is 26.0. The van der Waals surface area contributed by atoms with Crippen molar-refractivity contribution in [2.75, 3.05) is 0 Å². The minimum atomic E-state index is 0.646. The molecule has 10 aromatic rings. The lowest BCUT2D eigenvalue weighted by Gasteiger charge is -2.14. The van der Waals surface area contributed by atoms with Crippen LogP contribution >= 0.6 is 0 Å². The maximum absolute atomic E-state index is 5.35. The van der Waals surface area contributed by atoms with Crippen LogP contribution in [0.4, 0.5) is 0 Å². The third-order valence-electron chi connectivity index (χ3n) is 9.54. The molecule has 0 bridgehead atoms. The molecule has 4 heteroatoms. The number of para-hydroxylation sites is 1. The minimum absolute atomic E-state index is 0.646. The van der Waals surface area contributed by atoms with Gasteiger partial charge in [0, 0.05) is 44.6 Å². The molecule has 0 N–H and O–H groups in total. The highest BCUT2D eigenvalue weighted by atomic mass is 15.2. The van der Waals surface area contributed by atoms with Crippen LogP contribution in [0.1, 0.15) is 0 Å². The van der Waals surface area contributed by atoms with Gasteiger partial charge in [-0.15, -0.1) is 0 Å². The quantitative estimate of drug-likeness (QED) is 0.198. The van der Waals surface area contributed by atoms with Gasteiger partial charge in [-0.3, -0.25) is 4.57 Å². The van der Waals surface area contributed by atoms with Gasteiger partial charge in [0.25, 0.3) is 0 Å². The molecule has 0 atom stereocenters. The summed E-state index contributed by atoms with van der Waals surface area (Å²) in [6.07, 6.45) is 2.21. The Balaban J connectivity index is 1.45. The first-order chi connectivity index (χ1) is 23.8. The van der Waals surface area contributed by atoms with Crippen LogP contribution in [0.15, 0.2) is 170 Å². The Morgan fingerprint density at radius 1 is 0.417 bits per heavy atom. The Morgan fingerprint density at radius 2 is 0.979 bits per heavy atom. The van der Waals surface area contributed by atoms with Gasteiger partial charge in [-0.05, 0) is 46.5 Å². The van der Waals surface area contributed by atoms with E-state index >= 15 is 0 Å². The maximum Gasteiger partial charge on any atom is 0.235 e. The minimum Gasteiger partial charge on any atom is -0.316 e. The molecule has 3 heterocycles. The normalized spacial score (nSPS) is 11.8. The number of hydrogen-bond acceptors (Lipinski definition) is 2. The van der Waals surface area contributed by atoms with Crippen LogP contribution in [0.5, 0.6) is 0 Å². The van der Waals surface area contributed by atoms with Crippen LogP contribution in [-0.4, -0.2) is 19.1 Å². The van der Waals surface area contributed by atoms with E-state index < -0.39 is 0 Å². The highest BCUT2D eigenvalue weighted by Gasteiger charge is 2.24. The summed E-state index contributed by atoms with van der Waals surface area (Å²) in [7, 11) is 0. The highest BCUT2D eigenvalue weighted by Crippen LogP contribution is 2.45. The zero-order valence-corrected chi connectivity index (χ0v) is 26.0. The Bertz CT molecular complexity index is 2760. The van der Waals surface area contributed by atoms with Crippen molar-refractivity contribution in [3.05, 3.63) is 170 Å². The summed E-state index contributed by atoms with van der Waals surface area (Å²) in [4.78, 5) is 10.7. The fraction of sp³-hybridized carbons (Fsp3) is 0. The van der Waals surface area contributed by atoms with E-state index in [0.29, 0.717) is 5.95 Å². The summed E-state index contributed by atoms with van der Waals surface area (Å²) in [5, 5.41) is 8.39. The molecule has 0 unspecified atom stereocenters. The number of fused-ring (bicyclic) bond motifs is 10. The summed E-state index contributed by atoms with van der Waals surface area (Å²) in [5.41, 5.74) is 8.35. The number of benzene rings is 7. The van der Waals surface area contributed by atoms with Gasteiger partial charge in [-0.25, -0.2) is 9.97 Å². The molecule has 10 rings (SSSR count). The monoisotopic (exact) mass is 612 g/mol. The topological polar surface area (TPSA) is 35.6 Å². The van der Waals surface area contributed by atoms with Crippen molar-refractivity contribution >= 4 is 54.3 Å². The molecule has 0 aliphatic rings. The maximum atomic E-state index is 5.35. The van der Waals surface area contributed by atoms with Crippen LogP contribution in [-0.2, 0) is 0 Å². The predicted octanol–water partition coefficient (Wildman–Crippen LogP) is 11.2. The second-order valence-corrected chi connectivity index (χ2v) is 12.2. The van der Waals surface area contributed by atoms with E-state index in [1.54, 1.807) is 0 Å². The van der Waals surface area contributed by atoms with E-state index in [9.17, 15) is 0 Å². The van der Waals surface area contributed by atoms with Gasteiger partial charge in [0.1, 0.15) is 0 Å². The first-order valence-electron chi connectivity index (χ1n) is 16.3. The molecule has 7 aromatic carbocycles. The van der Waals surface area contributed by atoms with Crippen LogP contribution in [0.2, 0.25) is 0 Å². The van der Waals surface area contributed by atoms with Crippen molar-refractivity contribution in [1.82, 2.24) is 19.1 Å². The lowest BCUT2D eigenvalue weighted by Crippen LogP contribution is -2.04. The Kier molecular flexibility index (Phi) is 5.84. The molecule has 0 aliphatic heterocycles. The summed E-state index contributed by atoms with van der Waals surface area (Å²) < 4.78 is 4.65. The largest absolute Gasteiger partial charge is 0.316 e. The highest BCUT2D eigenvalue weighted by molar-refractivity contribution is 6.35. The predicted molar refractivity (Wildman–Crippen MR) is 199 cm³/mol. The molecule has 48 heavy (non-hydrogen) atoms. The van der Waals surface area contributed by atoms with Crippen molar-refractivity contribution in [3.63, 3.8) is 0 Å².